The van der Waals surface area contributed by atoms with Gasteiger partial charge in [0.25, 0.3) is 0 Å². The lowest BCUT2D eigenvalue weighted by atomic mass is 10.1. The number of hydrogen-bond acceptors (Lipinski definition) is 4. The molecule has 0 saturated carbocycles. The second-order valence-electron chi connectivity index (χ2n) is 6.69. The van der Waals surface area contributed by atoms with Gasteiger partial charge in [-0.1, -0.05) is 18.2 Å². The topological polar surface area (TPSA) is 58.6 Å². The Labute approximate surface area is 156 Å². The molecule has 0 unspecified atom stereocenters. The third-order valence-electron chi connectivity index (χ3n) is 4.73. The molecule has 1 fully saturated rings. The highest BCUT2D eigenvalue weighted by atomic mass is 32.2. The standard InChI is InChI=1S/C20H26N2O3S/c1-16-6-11-19(25-2)20(14-16)26(23,24)21-15-17-7-9-18(10-8-17)22-12-4-3-5-13-22/h6-11,14,21H,3-5,12-13,15H2,1-2H3. The van der Waals surface area contributed by atoms with E-state index in [0.29, 0.717) is 5.75 Å². The van der Waals surface area contributed by atoms with Gasteiger partial charge in [-0.3, -0.25) is 0 Å². The highest BCUT2D eigenvalue weighted by Gasteiger charge is 2.19. The summed E-state index contributed by atoms with van der Waals surface area (Å²) in [4.78, 5) is 2.56. The van der Waals surface area contributed by atoms with Gasteiger partial charge in [0.1, 0.15) is 10.6 Å². The van der Waals surface area contributed by atoms with Gasteiger partial charge in [-0.05, 0) is 61.6 Å². The third kappa shape index (κ3) is 4.37. The van der Waals surface area contributed by atoms with Gasteiger partial charge in [-0.2, -0.15) is 0 Å². The summed E-state index contributed by atoms with van der Waals surface area (Å²) in [7, 11) is -2.16. The Bertz CT molecular complexity index is 842. The molecule has 0 radical (unpaired) electrons. The number of nitrogens with zero attached hydrogens (tertiary/aromatic N) is 1. The van der Waals surface area contributed by atoms with Crippen molar-refractivity contribution in [2.75, 3.05) is 25.1 Å². The molecule has 1 aliphatic heterocycles. The fourth-order valence-corrected chi connectivity index (χ4v) is 4.50. The number of sulfonamides is 1. The number of benzene rings is 2. The first kappa shape index (κ1) is 18.7. The molecule has 0 aromatic heterocycles. The Kier molecular flexibility index (Phi) is 5.84. The van der Waals surface area contributed by atoms with Crippen LogP contribution in [0.25, 0.3) is 0 Å². The molecule has 5 nitrogen and oxygen atoms in total. The molecular formula is C20H26N2O3S. The van der Waals surface area contributed by atoms with Crippen LogP contribution >= 0.6 is 0 Å². The van der Waals surface area contributed by atoms with Crippen LogP contribution in [0.4, 0.5) is 5.69 Å². The van der Waals surface area contributed by atoms with Crippen molar-refractivity contribution >= 4 is 15.7 Å². The highest BCUT2D eigenvalue weighted by Crippen LogP contribution is 2.25. The van der Waals surface area contributed by atoms with Crippen molar-refractivity contribution in [3.05, 3.63) is 53.6 Å². The lowest BCUT2D eigenvalue weighted by Gasteiger charge is -2.28. The molecular weight excluding hydrogens is 348 g/mol. The van der Waals surface area contributed by atoms with Crippen LogP contribution in [0.1, 0.15) is 30.4 Å². The highest BCUT2D eigenvalue weighted by molar-refractivity contribution is 7.89. The molecule has 2 aromatic carbocycles. The predicted octanol–water partition coefficient (Wildman–Crippen LogP) is 3.47. The van der Waals surface area contributed by atoms with Crippen LogP contribution in [0.3, 0.4) is 0 Å². The SMILES string of the molecule is COc1ccc(C)cc1S(=O)(=O)NCc1ccc(N2CCCCC2)cc1. The van der Waals surface area contributed by atoms with E-state index in [2.05, 4.69) is 21.8 Å². The number of rotatable bonds is 6. The first-order valence-corrected chi connectivity index (χ1v) is 10.5. The Hall–Kier alpha value is -2.05. The average Bonchev–Trinajstić information content (AvgIpc) is 2.67. The number of piperidine rings is 1. The summed E-state index contributed by atoms with van der Waals surface area (Å²) in [6, 6.07) is 13.2. The van der Waals surface area contributed by atoms with E-state index < -0.39 is 10.0 Å². The molecule has 1 heterocycles. The molecule has 0 bridgehead atoms. The van der Waals surface area contributed by atoms with E-state index in [1.54, 1.807) is 12.1 Å². The summed E-state index contributed by atoms with van der Waals surface area (Å²) in [6.07, 6.45) is 3.78. The van der Waals surface area contributed by atoms with Crippen molar-refractivity contribution in [1.82, 2.24) is 4.72 Å². The first-order valence-electron chi connectivity index (χ1n) is 8.98. The number of nitrogens with one attached hydrogen (secondary N) is 1. The summed E-state index contributed by atoms with van der Waals surface area (Å²) < 4.78 is 33.2. The van der Waals surface area contributed by atoms with Crippen molar-refractivity contribution in [2.24, 2.45) is 0 Å². The van der Waals surface area contributed by atoms with Gasteiger partial charge in [0, 0.05) is 25.3 Å². The summed E-state index contributed by atoms with van der Waals surface area (Å²) in [6.45, 7) is 4.30. The third-order valence-corrected chi connectivity index (χ3v) is 6.15. The Morgan fingerprint density at radius 1 is 1.04 bits per heavy atom. The Morgan fingerprint density at radius 3 is 2.38 bits per heavy atom. The summed E-state index contributed by atoms with van der Waals surface area (Å²) in [5, 5.41) is 0. The molecule has 2 aromatic rings. The second-order valence-corrected chi connectivity index (χ2v) is 8.43. The van der Waals surface area contributed by atoms with Crippen LogP contribution in [-0.2, 0) is 16.6 Å². The van der Waals surface area contributed by atoms with Crippen molar-refractivity contribution in [1.29, 1.82) is 0 Å². The predicted molar refractivity (Wildman–Crippen MR) is 104 cm³/mol. The maximum Gasteiger partial charge on any atom is 0.244 e. The molecule has 0 atom stereocenters. The van der Waals surface area contributed by atoms with Crippen molar-refractivity contribution in [3.63, 3.8) is 0 Å². The van der Waals surface area contributed by atoms with Gasteiger partial charge in [0.05, 0.1) is 7.11 Å². The van der Waals surface area contributed by atoms with Gasteiger partial charge < -0.3 is 9.64 Å². The number of hydrogen-bond donors (Lipinski definition) is 1. The van der Waals surface area contributed by atoms with Crippen LogP contribution in [0.15, 0.2) is 47.4 Å². The average molecular weight is 375 g/mol. The molecule has 1 aliphatic rings. The van der Waals surface area contributed by atoms with Gasteiger partial charge in [0.15, 0.2) is 0 Å². The van der Waals surface area contributed by atoms with E-state index in [0.717, 1.165) is 24.2 Å². The maximum absolute atomic E-state index is 12.7. The van der Waals surface area contributed by atoms with Gasteiger partial charge in [-0.25, -0.2) is 13.1 Å². The number of anilines is 1. The minimum absolute atomic E-state index is 0.171. The zero-order valence-corrected chi connectivity index (χ0v) is 16.2. The zero-order valence-electron chi connectivity index (χ0n) is 15.4. The number of aryl methyl sites for hydroxylation is 1. The van der Waals surface area contributed by atoms with Crippen molar-refractivity contribution in [3.8, 4) is 5.75 Å². The van der Waals surface area contributed by atoms with E-state index in [-0.39, 0.29) is 11.4 Å². The van der Waals surface area contributed by atoms with Crippen LogP contribution in [0.5, 0.6) is 5.75 Å². The monoisotopic (exact) mass is 374 g/mol. The Morgan fingerprint density at radius 2 is 1.73 bits per heavy atom. The molecule has 1 saturated heterocycles. The minimum atomic E-state index is -3.64. The molecule has 0 spiro atoms. The first-order chi connectivity index (χ1) is 12.5. The lowest BCUT2D eigenvalue weighted by molar-refractivity contribution is 0.402. The van der Waals surface area contributed by atoms with Crippen molar-refractivity contribution in [2.45, 2.75) is 37.6 Å². The molecule has 0 amide bonds. The second kappa shape index (κ2) is 8.10. The van der Waals surface area contributed by atoms with Gasteiger partial charge >= 0.3 is 0 Å². The quantitative estimate of drug-likeness (QED) is 0.841. The molecule has 3 rings (SSSR count). The maximum atomic E-state index is 12.7. The zero-order chi connectivity index (χ0) is 18.6. The molecule has 140 valence electrons. The van der Waals surface area contributed by atoms with Crippen LogP contribution in [0, 0.1) is 6.92 Å². The van der Waals surface area contributed by atoms with Crippen molar-refractivity contribution < 1.29 is 13.2 Å². The fraction of sp³-hybridized carbons (Fsp3) is 0.400. The van der Waals surface area contributed by atoms with E-state index in [4.69, 9.17) is 4.74 Å². The molecule has 1 N–H and O–H groups in total. The van der Waals surface area contributed by atoms with E-state index in [9.17, 15) is 8.42 Å². The largest absolute Gasteiger partial charge is 0.495 e. The van der Waals surface area contributed by atoms with Gasteiger partial charge in [-0.15, -0.1) is 0 Å². The molecule has 26 heavy (non-hydrogen) atoms. The smallest absolute Gasteiger partial charge is 0.244 e. The normalized spacial score (nSPS) is 15.1. The lowest BCUT2D eigenvalue weighted by Crippen LogP contribution is -2.29. The summed E-state index contributed by atoms with van der Waals surface area (Å²) in [5.74, 6) is 0.351. The number of methoxy groups -OCH3 is 1. The summed E-state index contributed by atoms with van der Waals surface area (Å²) in [5.41, 5.74) is 3.01. The minimum Gasteiger partial charge on any atom is -0.495 e. The van der Waals surface area contributed by atoms with Gasteiger partial charge in [0.2, 0.25) is 10.0 Å². The van der Waals surface area contributed by atoms with E-state index in [1.807, 2.05) is 25.1 Å². The number of ether oxygens (including phenoxy) is 1. The van der Waals surface area contributed by atoms with Crippen LogP contribution in [-0.4, -0.2) is 28.6 Å². The molecule has 0 aliphatic carbocycles. The van der Waals surface area contributed by atoms with E-state index >= 15 is 0 Å². The van der Waals surface area contributed by atoms with Crippen LogP contribution < -0.4 is 14.4 Å². The molecule has 6 heteroatoms. The fourth-order valence-electron chi connectivity index (χ4n) is 3.23. The Balaban J connectivity index is 1.69. The summed E-state index contributed by atoms with van der Waals surface area (Å²) >= 11 is 0. The van der Waals surface area contributed by atoms with Crippen LogP contribution in [0.2, 0.25) is 0 Å². The van der Waals surface area contributed by atoms with E-state index in [1.165, 1.54) is 32.1 Å².